The first-order chi connectivity index (χ1) is 9.03. The van der Waals surface area contributed by atoms with Gasteiger partial charge in [-0.1, -0.05) is 44.5 Å². The van der Waals surface area contributed by atoms with Crippen molar-refractivity contribution >= 4 is 5.91 Å². The lowest BCUT2D eigenvalue weighted by Gasteiger charge is -2.25. The molecule has 1 aromatic carbocycles. The van der Waals surface area contributed by atoms with Gasteiger partial charge in [0.25, 0.3) is 0 Å². The van der Waals surface area contributed by atoms with Crippen LogP contribution in [-0.2, 0) is 17.9 Å². The van der Waals surface area contributed by atoms with Crippen LogP contribution in [0, 0.1) is 11.3 Å². The van der Waals surface area contributed by atoms with Gasteiger partial charge in [0.1, 0.15) is 0 Å². The molecule has 0 heterocycles. The second-order valence-corrected chi connectivity index (χ2v) is 6.13. The number of hydrogen-bond acceptors (Lipinski definition) is 2. The van der Waals surface area contributed by atoms with E-state index in [9.17, 15) is 4.79 Å². The van der Waals surface area contributed by atoms with Crippen molar-refractivity contribution in [1.82, 2.24) is 5.32 Å². The molecule has 1 fully saturated rings. The topological polar surface area (TPSA) is 49.3 Å². The molecule has 2 N–H and O–H groups in total. The van der Waals surface area contributed by atoms with Gasteiger partial charge in [-0.05, 0) is 29.4 Å². The van der Waals surface area contributed by atoms with Crippen molar-refractivity contribution in [3.8, 4) is 0 Å². The minimum atomic E-state index is 0.0391. The Morgan fingerprint density at radius 2 is 2.16 bits per heavy atom. The van der Waals surface area contributed by atoms with Crippen molar-refractivity contribution in [3.05, 3.63) is 35.4 Å². The molecule has 1 atom stereocenters. The van der Waals surface area contributed by atoms with Crippen LogP contribution in [0.4, 0.5) is 0 Å². The summed E-state index contributed by atoms with van der Waals surface area (Å²) in [5.74, 6) is 0.297. The van der Waals surface area contributed by atoms with Gasteiger partial charge in [-0.2, -0.15) is 0 Å². The Bertz CT molecular complexity index is 454. The van der Waals surface area contributed by atoms with Crippen LogP contribution < -0.4 is 5.32 Å². The fourth-order valence-electron chi connectivity index (χ4n) is 2.96. The third-order valence-electron chi connectivity index (χ3n) is 4.21. The van der Waals surface area contributed by atoms with Gasteiger partial charge in [-0.15, -0.1) is 0 Å². The fraction of sp³-hybridized carbons (Fsp3) is 0.562. The lowest BCUT2D eigenvalue weighted by Crippen LogP contribution is -2.35. The Kier molecular flexibility index (Phi) is 4.25. The highest BCUT2D eigenvalue weighted by Crippen LogP contribution is 2.42. The first kappa shape index (κ1) is 14.1. The van der Waals surface area contributed by atoms with Crippen LogP contribution in [0.5, 0.6) is 0 Å². The second-order valence-electron chi connectivity index (χ2n) is 6.13. The van der Waals surface area contributed by atoms with E-state index >= 15 is 0 Å². The fourth-order valence-corrected chi connectivity index (χ4v) is 2.96. The summed E-state index contributed by atoms with van der Waals surface area (Å²) in [5, 5.41) is 12.1. The van der Waals surface area contributed by atoms with E-state index in [1.807, 2.05) is 24.3 Å². The SMILES string of the molecule is CC1(C)CCCC1C(=O)NCc1cccc(CO)c1. The zero-order valence-corrected chi connectivity index (χ0v) is 11.8. The standard InChI is InChI=1S/C16H23NO2/c1-16(2)8-4-7-14(16)15(19)17-10-12-5-3-6-13(9-12)11-18/h3,5-6,9,14,18H,4,7-8,10-11H2,1-2H3,(H,17,19). The molecule has 0 radical (unpaired) electrons. The van der Waals surface area contributed by atoms with Crippen molar-refractivity contribution in [2.45, 2.75) is 46.3 Å². The molecule has 1 unspecified atom stereocenters. The van der Waals surface area contributed by atoms with Gasteiger partial charge in [0.05, 0.1) is 6.61 Å². The van der Waals surface area contributed by atoms with Gasteiger partial charge < -0.3 is 10.4 Å². The molecule has 1 aliphatic carbocycles. The minimum absolute atomic E-state index is 0.0391. The smallest absolute Gasteiger partial charge is 0.223 e. The number of rotatable bonds is 4. The molecule has 0 spiro atoms. The third-order valence-corrected chi connectivity index (χ3v) is 4.21. The van der Waals surface area contributed by atoms with E-state index < -0.39 is 0 Å². The maximum atomic E-state index is 12.2. The number of nitrogens with one attached hydrogen (secondary N) is 1. The molecular formula is C16H23NO2. The van der Waals surface area contributed by atoms with Crippen LogP contribution in [0.2, 0.25) is 0 Å². The molecule has 0 aromatic heterocycles. The van der Waals surface area contributed by atoms with Gasteiger partial charge in [0, 0.05) is 12.5 Å². The Morgan fingerprint density at radius 1 is 1.42 bits per heavy atom. The van der Waals surface area contributed by atoms with E-state index in [0.717, 1.165) is 30.4 Å². The average molecular weight is 261 g/mol. The molecule has 3 heteroatoms. The summed E-state index contributed by atoms with van der Waals surface area (Å²) in [6.07, 6.45) is 3.27. The van der Waals surface area contributed by atoms with Crippen LogP contribution in [0.3, 0.4) is 0 Å². The highest BCUT2D eigenvalue weighted by atomic mass is 16.3. The van der Waals surface area contributed by atoms with Crippen molar-refractivity contribution in [2.75, 3.05) is 0 Å². The van der Waals surface area contributed by atoms with Crippen LogP contribution >= 0.6 is 0 Å². The predicted octanol–water partition coefficient (Wildman–Crippen LogP) is 2.62. The Labute approximate surface area is 115 Å². The molecule has 1 amide bonds. The summed E-state index contributed by atoms with van der Waals surface area (Å²) in [6, 6.07) is 7.69. The summed E-state index contributed by atoms with van der Waals surface area (Å²) in [4.78, 5) is 12.2. The molecule has 0 bridgehead atoms. The molecule has 1 aromatic rings. The summed E-state index contributed by atoms with van der Waals surface area (Å²) in [6.45, 7) is 4.93. The Morgan fingerprint density at radius 3 is 2.79 bits per heavy atom. The first-order valence-corrected chi connectivity index (χ1v) is 6.99. The molecule has 0 aliphatic heterocycles. The molecular weight excluding hydrogens is 238 g/mol. The van der Waals surface area contributed by atoms with Gasteiger partial charge in [0.2, 0.25) is 5.91 Å². The van der Waals surface area contributed by atoms with Gasteiger partial charge >= 0.3 is 0 Å². The van der Waals surface area contributed by atoms with E-state index in [4.69, 9.17) is 5.11 Å². The molecule has 1 aliphatic rings. The van der Waals surface area contributed by atoms with Crippen molar-refractivity contribution in [2.24, 2.45) is 11.3 Å². The highest BCUT2D eigenvalue weighted by Gasteiger charge is 2.38. The number of amides is 1. The Balaban J connectivity index is 1.93. The van der Waals surface area contributed by atoms with Crippen LogP contribution in [0.15, 0.2) is 24.3 Å². The summed E-state index contributed by atoms with van der Waals surface area (Å²) >= 11 is 0. The normalized spacial score (nSPS) is 21.3. The summed E-state index contributed by atoms with van der Waals surface area (Å²) in [7, 11) is 0. The highest BCUT2D eigenvalue weighted by molar-refractivity contribution is 5.79. The number of carbonyl (C=O) groups excluding carboxylic acids is 1. The number of aliphatic hydroxyl groups is 1. The number of benzene rings is 1. The molecule has 19 heavy (non-hydrogen) atoms. The van der Waals surface area contributed by atoms with Crippen molar-refractivity contribution in [3.63, 3.8) is 0 Å². The van der Waals surface area contributed by atoms with E-state index in [-0.39, 0.29) is 23.8 Å². The van der Waals surface area contributed by atoms with Crippen molar-refractivity contribution < 1.29 is 9.90 Å². The molecule has 3 nitrogen and oxygen atoms in total. The van der Waals surface area contributed by atoms with E-state index in [1.165, 1.54) is 0 Å². The van der Waals surface area contributed by atoms with E-state index in [2.05, 4.69) is 19.2 Å². The predicted molar refractivity (Wildman–Crippen MR) is 75.3 cm³/mol. The van der Waals surface area contributed by atoms with Crippen LogP contribution in [-0.4, -0.2) is 11.0 Å². The Hall–Kier alpha value is -1.35. The van der Waals surface area contributed by atoms with Crippen LogP contribution in [0.25, 0.3) is 0 Å². The largest absolute Gasteiger partial charge is 0.392 e. The van der Waals surface area contributed by atoms with Gasteiger partial charge in [0.15, 0.2) is 0 Å². The number of carbonyl (C=O) groups is 1. The van der Waals surface area contributed by atoms with E-state index in [1.54, 1.807) is 0 Å². The zero-order valence-electron chi connectivity index (χ0n) is 11.8. The van der Waals surface area contributed by atoms with Crippen LogP contribution in [0.1, 0.15) is 44.2 Å². The summed E-state index contributed by atoms with van der Waals surface area (Å²) in [5.41, 5.74) is 2.04. The lowest BCUT2D eigenvalue weighted by atomic mass is 9.81. The quantitative estimate of drug-likeness (QED) is 0.875. The average Bonchev–Trinajstić information content (AvgIpc) is 2.76. The lowest BCUT2D eigenvalue weighted by molar-refractivity contribution is -0.127. The maximum absolute atomic E-state index is 12.2. The number of aliphatic hydroxyl groups excluding tert-OH is 1. The molecule has 104 valence electrons. The van der Waals surface area contributed by atoms with Gasteiger partial charge in [-0.25, -0.2) is 0 Å². The molecule has 1 saturated carbocycles. The van der Waals surface area contributed by atoms with Crippen molar-refractivity contribution in [1.29, 1.82) is 0 Å². The second kappa shape index (κ2) is 5.74. The summed E-state index contributed by atoms with van der Waals surface area (Å²) < 4.78 is 0. The third kappa shape index (κ3) is 3.35. The first-order valence-electron chi connectivity index (χ1n) is 6.99. The zero-order chi connectivity index (χ0) is 13.9. The molecule has 0 saturated heterocycles. The molecule has 2 rings (SSSR count). The maximum Gasteiger partial charge on any atom is 0.223 e. The number of hydrogen-bond donors (Lipinski definition) is 2. The van der Waals surface area contributed by atoms with E-state index in [0.29, 0.717) is 6.54 Å². The minimum Gasteiger partial charge on any atom is -0.392 e. The monoisotopic (exact) mass is 261 g/mol. The van der Waals surface area contributed by atoms with Gasteiger partial charge in [-0.3, -0.25) is 4.79 Å².